The first-order valence-electron chi connectivity index (χ1n) is 6.78. The lowest BCUT2D eigenvalue weighted by atomic mass is 10.1. The molecule has 2 N–H and O–H groups in total. The van der Waals surface area contributed by atoms with E-state index in [1.165, 1.54) is 6.33 Å². The maximum absolute atomic E-state index is 5.94. The maximum atomic E-state index is 5.94. The SMILES string of the molecule is CC(C)c1cc(Oc2ccc(N)c3ncccc23)ncn1. The maximum Gasteiger partial charge on any atom is 0.222 e. The first kappa shape index (κ1) is 13.3. The molecule has 3 rings (SSSR count). The first-order valence-corrected chi connectivity index (χ1v) is 6.78. The lowest BCUT2D eigenvalue weighted by Crippen LogP contribution is -1.97. The highest BCUT2D eigenvalue weighted by Gasteiger charge is 2.09. The van der Waals surface area contributed by atoms with Crippen LogP contribution in [0.4, 0.5) is 5.69 Å². The summed E-state index contributed by atoms with van der Waals surface area (Å²) in [6.07, 6.45) is 3.23. The summed E-state index contributed by atoms with van der Waals surface area (Å²) in [6, 6.07) is 9.25. The molecule has 0 radical (unpaired) electrons. The van der Waals surface area contributed by atoms with Crippen molar-refractivity contribution in [2.24, 2.45) is 0 Å². The summed E-state index contributed by atoms with van der Waals surface area (Å²) >= 11 is 0. The van der Waals surface area contributed by atoms with E-state index in [0.717, 1.165) is 16.6 Å². The second-order valence-electron chi connectivity index (χ2n) is 5.09. The third-order valence-corrected chi connectivity index (χ3v) is 3.23. The molecular formula is C16H16N4O. The fourth-order valence-electron chi connectivity index (χ4n) is 2.10. The second kappa shape index (κ2) is 5.36. The Hall–Kier alpha value is -2.69. The van der Waals surface area contributed by atoms with Crippen LogP contribution in [0.25, 0.3) is 10.9 Å². The van der Waals surface area contributed by atoms with E-state index in [9.17, 15) is 0 Å². The van der Waals surface area contributed by atoms with Crippen LogP contribution in [0.2, 0.25) is 0 Å². The zero-order valence-electron chi connectivity index (χ0n) is 11.9. The molecule has 0 saturated carbocycles. The van der Waals surface area contributed by atoms with Gasteiger partial charge in [0, 0.05) is 17.6 Å². The Kier molecular flexibility index (Phi) is 3.39. The normalized spacial score (nSPS) is 11.0. The highest BCUT2D eigenvalue weighted by Crippen LogP contribution is 2.31. The van der Waals surface area contributed by atoms with Crippen molar-refractivity contribution >= 4 is 16.6 Å². The standard InChI is InChI=1S/C16H16N4O/c1-10(2)13-8-15(20-9-19-13)21-14-6-5-12(17)16-11(14)4-3-7-18-16/h3-10H,17H2,1-2H3. The molecule has 0 amide bonds. The molecule has 0 fully saturated rings. The predicted molar refractivity (Wildman–Crippen MR) is 82.4 cm³/mol. The Labute approximate surface area is 122 Å². The average molecular weight is 280 g/mol. The van der Waals surface area contributed by atoms with Gasteiger partial charge in [0.15, 0.2) is 0 Å². The van der Waals surface area contributed by atoms with Crippen molar-refractivity contribution in [1.82, 2.24) is 15.0 Å². The first-order chi connectivity index (χ1) is 10.1. The number of nitrogens with two attached hydrogens (primary N) is 1. The Morgan fingerprint density at radius 1 is 1.10 bits per heavy atom. The topological polar surface area (TPSA) is 73.9 Å². The van der Waals surface area contributed by atoms with Crippen LogP contribution in [-0.4, -0.2) is 15.0 Å². The van der Waals surface area contributed by atoms with Crippen molar-refractivity contribution in [3.8, 4) is 11.6 Å². The van der Waals surface area contributed by atoms with E-state index in [-0.39, 0.29) is 0 Å². The zero-order valence-corrected chi connectivity index (χ0v) is 11.9. The minimum Gasteiger partial charge on any atom is -0.438 e. The van der Waals surface area contributed by atoms with Gasteiger partial charge in [-0.25, -0.2) is 9.97 Å². The molecule has 0 atom stereocenters. The molecule has 1 aromatic carbocycles. The van der Waals surface area contributed by atoms with E-state index in [1.54, 1.807) is 12.3 Å². The summed E-state index contributed by atoms with van der Waals surface area (Å²) in [4.78, 5) is 12.7. The molecule has 3 aromatic rings. The molecule has 2 heterocycles. The molecule has 5 nitrogen and oxygen atoms in total. The fraction of sp³-hybridized carbons (Fsp3) is 0.188. The molecule has 0 saturated heterocycles. The Balaban J connectivity index is 2.02. The summed E-state index contributed by atoms with van der Waals surface area (Å²) in [5.41, 5.74) is 8.24. The van der Waals surface area contributed by atoms with Crippen LogP contribution in [0.15, 0.2) is 42.9 Å². The molecule has 0 aliphatic rings. The van der Waals surface area contributed by atoms with Gasteiger partial charge in [-0.15, -0.1) is 0 Å². The van der Waals surface area contributed by atoms with Gasteiger partial charge >= 0.3 is 0 Å². The van der Waals surface area contributed by atoms with Crippen molar-refractivity contribution in [1.29, 1.82) is 0 Å². The molecular weight excluding hydrogens is 264 g/mol. The molecule has 2 aromatic heterocycles. The quantitative estimate of drug-likeness (QED) is 0.743. The number of ether oxygens (including phenoxy) is 1. The Morgan fingerprint density at radius 3 is 2.76 bits per heavy atom. The van der Waals surface area contributed by atoms with E-state index >= 15 is 0 Å². The summed E-state index contributed by atoms with van der Waals surface area (Å²) in [5, 5.41) is 0.863. The number of anilines is 1. The van der Waals surface area contributed by atoms with Gasteiger partial charge < -0.3 is 10.5 Å². The van der Waals surface area contributed by atoms with E-state index < -0.39 is 0 Å². The number of hydrogen-bond donors (Lipinski definition) is 1. The van der Waals surface area contributed by atoms with Crippen LogP contribution < -0.4 is 10.5 Å². The van der Waals surface area contributed by atoms with Gasteiger partial charge in [0.25, 0.3) is 0 Å². The van der Waals surface area contributed by atoms with Crippen LogP contribution in [0, 0.1) is 0 Å². The number of nitrogen functional groups attached to an aromatic ring is 1. The van der Waals surface area contributed by atoms with Crippen LogP contribution in [0.3, 0.4) is 0 Å². The largest absolute Gasteiger partial charge is 0.438 e. The summed E-state index contributed by atoms with van der Waals surface area (Å²) in [5.74, 6) is 1.52. The van der Waals surface area contributed by atoms with Crippen LogP contribution >= 0.6 is 0 Å². The van der Waals surface area contributed by atoms with E-state index in [0.29, 0.717) is 23.2 Å². The van der Waals surface area contributed by atoms with Crippen molar-refractivity contribution in [3.05, 3.63) is 48.5 Å². The van der Waals surface area contributed by atoms with Gasteiger partial charge in [-0.3, -0.25) is 4.98 Å². The van der Waals surface area contributed by atoms with E-state index in [2.05, 4.69) is 28.8 Å². The van der Waals surface area contributed by atoms with Crippen LogP contribution in [0.1, 0.15) is 25.5 Å². The van der Waals surface area contributed by atoms with Crippen LogP contribution in [-0.2, 0) is 0 Å². The summed E-state index contributed by atoms with van der Waals surface area (Å²) < 4.78 is 5.89. The predicted octanol–water partition coefficient (Wildman–Crippen LogP) is 3.52. The van der Waals surface area contributed by atoms with Gasteiger partial charge in [0.1, 0.15) is 12.1 Å². The van der Waals surface area contributed by atoms with Crippen molar-refractivity contribution in [3.63, 3.8) is 0 Å². The van der Waals surface area contributed by atoms with Gasteiger partial charge in [0.05, 0.1) is 16.9 Å². The molecule has 0 bridgehead atoms. The highest BCUT2D eigenvalue weighted by molar-refractivity contribution is 5.93. The number of fused-ring (bicyclic) bond motifs is 1. The van der Waals surface area contributed by atoms with Crippen molar-refractivity contribution in [2.45, 2.75) is 19.8 Å². The van der Waals surface area contributed by atoms with Gasteiger partial charge in [0.2, 0.25) is 5.88 Å². The number of rotatable bonds is 3. The number of nitrogens with zero attached hydrogens (tertiary/aromatic N) is 3. The third-order valence-electron chi connectivity index (χ3n) is 3.23. The van der Waals surface area contributed by atoms with Crippen molar-refractivity contribution in [2.75, 3.05) is 5.73 Å². The smallest absolute Gasteiger partial charge is 0.222 e. The van der Waals surface area contributed by atoms with Gasteiger partial charge in [-0.05, 0) is 30.2 Å². The molecule has 0 aliphatic carbocycles. The number of benzene rings is 1. The third kappa shape index (κ3) is 2.63. The van der Waals surface area contributed by atoms with E-state index in [4.69, 9.17) is 10.5 Å². The van der Waals surface area contributed by atoms with Crippen molar-refractivity contribution < 1.29 is 4.74 Å². The highest BCUT2D eigenvalue weighted by atomic mass is 16.5. The molecule has 0 spiro atoms. The zero-order chi connectivity index (χ0) is 14.8. The fourth-order valence-corrected chi connectivity index (χ4v) is 2.10. The number of pyridine rings is 1. The lowest BCUT2D eigenvalue weighted by Gasteiger charge is -2.10. The monoisotopic (exact) mass is 280 g/mol. The van der Waals surface area contributed by atoms with E-state index in [1.807, 2.05) is 24.3 Å². The summed E-state index contributed by atoms with van der Waals surface area (Å²) in [7, 11) is 0. The van der Waals surface area contributed by atoms with Gasteiger partial charge in [-0.1, -0.05) is 13.8 Å². The second-order valence-corrected chi connectivity index (χ2v) is 5.09. The minimum absolute atomic E-state index is 0.320. The minimum atomic E-state index is 0.320. The molecule has 21 heavy (non-hydrogen) atoms. The number of hydrogen-bond acceptors (Lipinski definition) is 5. The molecule has 0 aliphatic heterocycles. The number of aromatic nitrogens is 3. The average Bonchev–Trinajstić information content (AvgIpc) is 2.51. The summed E-state index contributed by atoms with van der Waals surface area (Å²) in [6.45, 7) is 4.16. The Morgan fingerprint density at radius 2 is 1.95 bits per heavy atom. The molecule has 5 heteroatoms. The molecule has 106 valence electrons. The van der Waals surface area contributed by atoms with Gasteiger partial charge in [-0.2, -0.15) is 0 Å². The lowest BCUT2D eigenvalue weighted by molar-refractivity contribution is 0.464. The Bertz CT molecular complexity index is 786. The van der Waals surface area contributed by atoms with Crippen LogP contribution in [0.5, 0.6) is 11.6 Å². The molecule has 0 unspecified atom stereocenters.